The molecule has 3 amide bonds. The maximum absolute atomic E-state index is 14.4. The molecule has 3 aliphatic rings. The molecule has 0 bridgehead atoms. The zero-order valence-corrected chi connectivity index (χ0v) is 43.7. The fourth-order valence-corrected chi connectivity index (χ4v) is 9.73. The van der Waals surface area contributed by atoms with Crippen LogP contribution in [0.25, 0.3) is 28.1 Å². The number of anilines is 1. The van der Waals surface area contributed by atoms with Gasteiger partial charge in [0.2, 0.25) is 11.8 Å². The van der Waals surface area contributed by atoms with Gasteiger partial charge in [-0.25, -0.2) is 4.68 Å². The number of ether oxygens (including phenoxy) is 4. The molecule has 22 nitrogen and oxygen atoms in total. The fraction of sp³-hybridized carbons (Fsp3) is 0.471. The first-order chi connectivity index (χ1) is 35.9. The third-order valence-electron chi connectivity index (χ3n) is 13.0. The summed E-state index contributed by atoms with van der Waals surface area (Å²) < 4.78 is 25.3. The summed E-state index contributed by atoms with van der Waals surface area (Å²) in [5.41, 5.74) is 3.92. The predicted octanol–water partition coefficient (Wildman–Crippen LogP) is 3.60. The van der Waals surface area contributed by atoms with Crippen LogP contribution < -0.4 is 20.1 Å². The van der Waals surface area contributed by atoms with Gasteiger partial charge in [-0.05, 0) is 55.8 Å². The van der Waals surface area contributed by atoms with Crippen molar-refractivity contribution in [3.63, 3.8) is 0 Å². The highest BCUT2D eigenvalue weighted by molar-refractivity contribution is 6.34. The van der Waals surface area contributed by atoms with Crippen LogP contribution in [0.2, 0.25) is 10.0 Å². The molecule has 3 aromatic carbocycles. The summed E-state index contributed by atoms with van der Waals surface area (Å²) in [7, 11) is 1.55. The molecule has 3 aliphatic heterocycles. The Hall–Kier alpha value is -6.37. The number of rotatable bonds is 19. The van der Waals surface area contributed by atoms with Gasteiger partial charge in [-0.15, -0.1) is 0 Å². The number of nitrogens with one attached hydrogen (secondary N) is 2. The average molecular weight is 1080 g/mol. The van der Waals surface area contributed by atoms with E-state index in [2.05, 4.69) is 10.6 Å². The second kappa shape index (κ2) is 25.9. The highest BCUT2D eigenvalue weighted by Crippen LogP contribution is 2.47. The molecule has 4 aromatic rings. The Morgan fingerprint density at radius 3 is 1.91 bits per heavy atom. The molecule has 0 unspecified atom stereocenters. The Morgan fingerprint density at radius 1 is 0.733 bits per heavy atom. The quantitative estimate of drug-likeness (QED) is 0.0841. The summed E-state index contributed by atoms with van der Waals surface area (Å²) in [6.45, 7) is 6.82. The first-order valence-corrected chi connectivity index (χ1v) is 25.3. The van der Waals surface area contributed by atoms with Gasteiger partial charge in [-0.2, -0.15) is 5.10 Å². The maximum Gasteiger partial charge on any atom is 0.317 e. The number of morpholine rings is 1. The van der Waals surface area contributed by atoms with E-state index in [1.165, 1.54) is 0 Å². The molecule has 5 N–H and O–H groups in total. The van der Waals surface area contributed by atoms with E-state index in [0.29, 0.717) is 93.7 Å². The summed E-state index contributed by atoms with van der Waals surface area (Å²) in [4.78, 5) is 84.0. The molecule has 24 heteroatoms. The molecular weight excluding hydrogens is 1020 g/mol. The van der Waals surface area contributed by atoms with E-state index >= 15 is 0 Å². The van der Waals surface area contributed by atoms with Crippen LogP contribution in [0.5, 0.6) is 11.5 Å². The molecule has 7 rings (SSSR count). The van der Waals surface area contributed by atoms with Gasteiger partial charge >= 0.3 is 17.9 Å². The van der Waals surface area contributed by atoms with Crippen molar-refractivity contribution < 1.29 is 63.0 Å². The summed E-state index contributed by atoms with van der Waals surface area (Å²) in [5.74, 6) is -3.01. The van der Waals surface area contributed by atoms with Gasteiger partial charge in [-0.3, -0.25) is 48.4 Å². The van der Waals surface area contributed by atoms with Crippen molar-refractivity contribution in [2.75, 3.05) is 130 Å². The Bertz CT molecular complexity index is 2690. The van der Waals surface area contributed by atoms with Crippen LogP contribution >= 0.6 is 23.2 Å². The number of hydrogen-bond acceptors (Lipinski definition) is 15. The molecule has 0 aliphatic carbocycles. The van der Waals surface area contributed by atoms with E-state index in [0.717, 1.165) is 0 Å². The summed E-state index contributed by atoms with van der Waals surface area (Å²) >= 11 is 13.0. The van der Waals surface area contributed by atoms with Gasteiger partial charge in [0.15, 0.2) is 5.69 Å². The number of hydrogen-bond donors (Lipinski definition) is 5. The normalized spacial score (nSPS) is 16.8. The number of aliphatic carboxylic acids is 3. The molecular formula is C51H63Cl2N9O13. The number of fused-ring (bicyclic) bond motifs is 3. The molecule has 0 atom stereocenters. The molecule has 0 radical (unpaired) electrons. The van der Waals surface area contributed by atoms with Gasteiger partial charge in [0.1, 0.15) is 18.1 Å². The van der Waals surface area contributed by atoms with Gasteiger partial charge in [0.25, 0.3) is 5.91 Å². The van der Waals surface area contributed by atoms with E-state index in [1.54, 1.807) is 67.8 Å². The Balaban J connectivity index is 0.966. The topological polar surface area (TPSA) is 258 Å². The smallest absolute Gasteiger partial charge is 0.317 e. The number of carbonyl (C=O) groups excluding carboxylic acids is 3. The molecule has 2 saturated heterocycles. The number of benzene rings is 3. The average Bonchev–Trinajstić information content (AvgIpc) is 3.77. The monoisotopic (exact) mass is 1080 g/mol. The van der Waals surface area contributed by atoms with Crippen LogP contribution in [0.3, 0.4) is 0 Å². The van der Waals surface area contributed by atoms with Crippen LogP contribution in [-0.4, -0.2) is 216 Å². The van der Waals surface area contributed by atoms with Gasteiger partial charge in [-0.1, -0.05) is 35.3 Å². The molecule has 404 valence electrons. The summed E-state index contributed by atoms with van der Waals surface area (Å²) in [5, 5.41) is 39.9. The van der Waals surface area contributed by atoms with Crippen molar-refractivity contribution in [3.05, 3.63) is 75.9 Å². The van der Waals surface area contributed by atoms with Crippen LogP contribution in [0.15, 0.2) is 54.6 Å². The van der Waals surface area contributed by atoms with Crippen LogP contribution in [0, 0.1) is 0 Å². The Labute approximate surface area is 443 Å². The number of halogens is 2. The number of amides is 3. The SMILES string of the molecule is COc1cc2c(cc1-c1cccc(NC(=O)CCOCCNC(=O)CN3CCN(CC(=O)O)CCN(CC(=O)O)CCN(CC(=O)O)CC3)c1)-c1c(c(C(=O)N3CCOCC3(C)C)nn1-c1cc(Cl)cc(Cl)c1)CO2. The lowest BCUT2D eigenvalue weighted by Gasteiger charge is -2.41. The third kappa shape index (κ3) is 15.4. The van der Waals surface area contributed by atoms with Crippen molar-refractivity contribution in [1.82, 2.24) is 39.6 Å². The van der Waals surface area contributed by atoms with E-state index < -0.39 is 23.4 Å². The highest BCUT2D eigenvalue weighted by atomic mass is 35.5. The van der Waals surface area contributed by atoms with Gasteiger partial charge in [0, 0.05) is 104 Å². The predicted molar refractivity (Wildman–Crippen MR) is 277 cm³/mol. The van der Waals surface area contributed by atoms with E-state index in [4.69, 9.17) is 47.2 Å². The molecule has 0 spiro atoms. The van der Waals surface area contributed by atoms with Gasteiger partial charge in [0.05, 0.1) is 83.1 Å². The van der Waals surface area contributed by atoms with E-state index in [9.17, 15) is 44.1 Å². The van der Waals surface area contributed by atoms with Crippen LogP contribution in [-0.2, 0) is 40.1 Å². The van der Waals surface area contributed by atoms with Crippen molar-refractivity contribution in [1.29, 1.82) is 0 Å². The summed E-state index contributed by atoms with van der Waals surface area (Å²) in [6.07, 6.45) is 0.0161. The Morgan fingerprint density at radius 2 is 1.33 bits per heavy atom. The molecule has 2 fully saturated rings. The van der Waals surface area contributed by atoms with E-state index in [-0.39, 0.29) is 122 Å². The fourth-order valence-electron chi connectivity index (χ4n) is 9.22. The van der Waals surface area contributed by atoms with Crippen molar-refractivity contribution in [3.8, 4) is 39.6 Å². The lowest BCUT2D eigenvalue weighted by Crippen LogP contribution is -2.55. The first-order valence-electron chi connectivity index (χ1n) is 24.5. The maximum atomic E-state index is 14.4. The lowest BCUT2D eigenvalue weighted by atomic mass is 9.95. The minimum atomic E-state index is -1.04. The van der Waals surface area contributed by atoms with Crippen molar-refractivity contribution >= 4 is 64.5 Å². The minimum absolute atomic E-state index is 0.0161. The zero-order valence-electron chi connectivity index (χ0n) is 42.1. The highest BCUT2D eigenvalue weighted by Gasteiger charge is 2.39. The minimum Gasteiger partial charge on any atom is -0.496 e. The molecule has 0 saturated carbocycles. The Kier molecular flexibility index (Phi) is 19.5. The van der Waals surface area contributed by atoms with E-state index in [1.807, 2.05) is 36.9 Å². The number of nitrogens with zero attached hydrogens (tertiary/aromatic N) is 7. The number of aromatic nitrogens is 2. The second-order valence-electron chi connectivity index (χ2n) is 19.0. The molecule has 4 heterocycles. The van der Waals surface area contributed by atoms with Crippen LogP contribution in [0.1, 0.15) is 36.3 Å². The number of methoxy groups -OCH3 is 1. The zero-order chi connectivity index (χ0) is 53.8. The van der Waals surface area contributed by atoms with Crippen molar-refractivity contribution in [2.24, 2.45) is 0 Å². The number of carbonyl (C=O) groups is 6. The standard InChI is InChI=1S/C51H63Cl2N9O13/c1-51(2)32-74-20-17-61(51)50(71)48-40-31-75-42-26-41(72-3)38(25-39(42)49(40)62(56-48)37-23-34(52)22-35(53)24-37)33-5-4-6-36(21-33)55-43(63)7-18-73-19-8-54-44(64)27-57-9-11-58(28-45(65)66)13-15-60(30-47(69)70)16-14-59(12-10-57)29-46(67)68/h4-6,21-26H,7-20,27-32H2,1-3H3,(H,54,64)(H,55,63)(H,65,66)(H,67,68)(H,69,70). The molecule has 75 heavy (non-hydrogen) atoms. The first kappa shape index (κ1) is 56.4. The van der Waals surface area contributed by atoms with Gasteiger partial charge < -0.3 is 49.8 Å². The largest absolute Gasteiger partial charge is 0.496 e. The van der Waals surface area contributed by atoms with Crippen molar-refractivity contribution in [2.45, 2.75) is 32.4 Å². The third-order valence-corrected chi connectivity index (χ3v) is 13.4. The number of carboxylic acid groups (broad SMARTS) is 3. The molecule has 1 aromatic heterocycles. The lowest BCUT2D eigenvalue weighted by molar-refractivity contribution is -0.140. The second-order valence-corrected chi connectivity index (χ2v) is 19.9. The summed E-state index contributed by atoms with van der Waals surface area (Å²) in [6, 6.07) is 16.0. The number of carboxylic acids is 3. The van der Waals surface area contributed by atoms with Crippen LogP contribution in [0.4, 0.5) is 5.69 Å².